The molecule has 3 aromatic carbocycles. The maximum absolute atomic E-state index is 6.10. The van der Waals surface area contributed by atoms with Crippen molar-refractivity contribution in [3.8, 4) is 5.75 Å². The molecule has 0 saturated carbocycles. The Hall–Kier alpha value is -2.32. The molecule has 0 N–H and O–H groups in total. The monoisotopic (exact) mass is 350 g/mol. The number of ether oxygens (including phenoxy) is 1. The first-order valence-electron chi connectivity index (χ1n) is 7.07. The minimum Gasteiger partial charge on any atom is -0.457 e. The van der Waals surface area contributed by atoms with E-state index in [9.17, 15) is 0 Å². The van der Waals surface area contributed by atoms with Gasteiger partial charge in [0.25, 0.3) is 0 Å². The van der Waals surface area contributed by atoms with Crippen LogP contribution in [0.25, 0.3) is 11.8 Å². The lowest BCUT2D eigenvalue weighted by Crippen LogP contribution is -1.95. The molecule has 3 rings (SSSR count). The Morgan fingerprint density at radius 1 is 0.727 bits per heavy atom. The van der Waals surface area contributed by atoms with Gasteiger partial charge in [-0.1, -0.05) is 76.6 Å². The Kier molecular flexibility index (Phi) is 4.71. The van der Waals surface area contributed by atoms with E-state index in [0.29, 0.717) is 0 Å². The summed E-state index contributed by atoms with van der Waals surface area (Å²) in [7, 11) is 0. The summed E-state index contributed by atoms with van der Waals surface area (Å²) in [4.78, 5) is 0. The maximum Gasteiger partial charge on any atom is 0.135 e. The second-order valence-corrected chi connectivity index (χ2v) is 5.76. The third kappa shape index (κ3) is 3.86. The molecule has 108 valence electrons. The smallest absolute Gasteiger partial charge is 0.135 e. The summed E-state index contributed by atoms with van der Waals surface area (Å²) in [5, 5.41) is 0. The van der Waals surface area contributed by atoms with E-state index in [1.807, 2.05) is 72.8 Å². The first kappa shape index (κ1) is 14.6. The van der Waals surface area contributed by atoms with Crippen LogP contribution in [-0.4, -0.2) is 0 Å². The molecule has 0 aliphatic heterocycles. The van der Waals surface area contributed by atoms with Gasteiger partial charge in [0.05, 0.1) is 0 Å². The lowest BCUT2D eigenvalue weighted by Gasteiger charge is -2.11. The van der Waals surface area contributed by atoms with Gasteiger partial charge in [-0.2, -0.15) is 0 Å². The standard InChI is InChI=1S/C20H15BrO/c21-18-11-13-19(14-12-18)22-20(17-9-5-2-6-10-17)15-16-7-3-1-4-8-16/h1-15H/b20-15+. The fourth-order valence-electron chi connectivity index (χ4n) is 2.10. The van der Waals surface area contributed by atoms with Gasteiger partial charge in [-0.05, 0) is 35.9 Å². The number of rotatable bonds is 4. The summed E-state index contributed by atoms with van der Waals surface area (Å²) in [6.07, 6.45) is 2.05. The topological polar surface area (TPSA) is 9.23 Å². The number of halogens is 1. The van der Waals surface area contributed by atoms with Crippen molar-refractivity contribution < 1.29 is 4.74 Å². The highest BCUT2D eigenvalue weighted by atomic mass is 79.9. The zero-order valence-electron chi connectivity index (χ0n) is 11.9. The van der Waals surface area contributed by atoms with Crippen LogP contribution < -0.4 is 4.74 Å². The maximum atomic E-state index is 6.10. The van der Waals surface area contributed by atoms with E-state index in [1.54, 1.807) is 0 Å². The Labute approximate surface area is 139 Å². The highest BCUT2D eigenvalue weighted by molar-refractivity contribution is 9.10. The van der Waals surface area contributed by atoms with Crippen LogP contribution in [0.5, 0.6) is 5.75 Å². The van der Waals surface area contributed by atoms with E-state index in [2.05, 4.69) is 34.1 Å². The molecular weight excluding hydrogens is 336 g/mol. The average Bonchev–Trinajstić information content (AvgIpc) is 2.58. The first-order valence-corrected chi connectivity index (χ1v) is 7.86. The zero-order chi connectivity index (χ0) is 15.2. The summed E-state index contributed by atoms with van der Waals surface area (Å²) >= 11 is 3.44. The van der Waals surface area contributed by atoms with Crippen molar-refractivity contribution in [3.63, 3.8) is 0 Å². The van der Waals surface area contributed by atoms with E-state index < -0.39 is 0 Å². The minimum atomic E-state index is 0.814. The second kappa shape index (κ2) is 7.10. The molecule has 2 heteroatoms. The summed E-state index contributed by atoms with van der Waals surface area (Å²) in [5.41, 5.74) is 2.16. The van der Waals surface area contributed by atoms with Crippen LogP contribution in [0.1, 0.15) is 11.1 Å². The molecular formula is C20H15BrO. The van der Waals surface area contributed by atoms with Crippen LogP contribution >= 0.6 is 15.9 Å². The molecule has 0 aliphatic carbocycles. The lowest BCUT2D eigenvalue weighted by atomic mass is 10.1. The average molecular weight is 351 g/mol. The van der Waals surface area contributed by atoms with E-state index in [-0.39, 0.29) is 0 Å². The van der Waals surface area contributed by atoms with Crippen molar-refractivity contribution in [3.05, 3.63) is 101 Å². The minimum absolute atomic E-state index is 0.814. The van der Waals surface area contributed by atoms with Crippen molar-refractivity contribution in [2.45, 2.75) is 0 Å². The number of benzene rings is 3. The summed E-state index contributed by atoms with van der Waals surface area (Å²) in [6, 6.07) is 28.2. The highest BCUT2D eigenvalue weighted by Crippen LogP contribution is 2.24. The van der Waals surface area contributed by atoms with E-state index in [0.717, 1.165) is 27.1 Å². The molecule has 0 atom stereocenters. The predicted molar refractivity (Wildman–Crippen MR) is 95.5 cm³/mol. The molecule has 0 bridgehead atoms. The fraction of sp³-hybridized carbons (Fsp3) is 0. The number of hydrogen-bond donors (Lipinski definition) is 0. The summed E-state index contributed by atoms with van der Waals surface area (Å²) in [6.45, 7) is 0. The molecule has 0 heterocycles. The van der Waals surface area contributed by atoms with E-state index in [1.165, 1.54) is 0 Å². The van der Waals surface area contributed by atoms with Crippen molar-refractivity contribution in [2.75, 3.05) is 0 Å². The van der Waals surface area contributed by atoms with E-state index in [4.69, 9.17) is 4.74 Å². The highest BCUT2D eigenvalue weighted by Gasteiger charge is 2.05. The molecule has 0 fully saturated rings. The molecule has 0 spiro atoms. The van der Waals surface area contributed by atoms with Crippen molar-refractivity contribution in [1.82, 2.24) is 0 Å². The van der Waals surface area contributed by atoms with Crippen LogP contribution in [-0.2, 0) is 0 Å². The van der Waals surface area contributed by atoms with Crippen LogP contribution in [0, 0.1) is 0 Å². The van der Waals surface area contributed by atoms with Crippen LogP contribution in [0.4, 0.5) is 0 Å². The first-order chi connectivity index (χ1) is 10.8. The number of hydrogen-bond acceptors (Lipinski definition) is 1. The summed E-state index contributed by atoms with van der Waals surface area (Å²) in [5.74, 6) is 1.64. The van der Waals surface area contributed by atoms with Crippen molar-refractivity contribution >= 4 is 27.8 Å². The van der Waals surface area contributed by atoms with Crippen molar-refractivity contribution in [2.24, 2.45) is 0 Å². The van der Waals surface area contributed by atoms with Gasteiger partial charge in [-0.15, -0.1) is 0 Å². The van der Waals surface area contributed by atoms with Gasteiger partial charge in [-0.25, -0.2) is 0 Å². The third-order valence-electron chi connectivity index (χ3n) is 3.20. The Bertz CT molecular complexity index is 747. The van der Waals surface area contributed by atoms with Gasteiger partial charge >= 0.3 is 0 Å². The van der Waals surface area contributed by atoms with Crippen LogP contribution in [0.2, 0.25) is 0 Å². The van der Waals surface area contributed by atoms with E-state index >= 15 is 0 Å². The van der Waals surface area contributed by atoms with Gasteiger partial charge < -0.3 is 4.74 Å². The normalized spacial score (nSPS) is 11.2. The Balaban J connectivity index is 1.96. The van der Waals surface area contributed by atoms with Gasteiger partial charge in [0.15, 0.2) is 0 Å². The largest absolute Gasteiger partial charge is 0.457 e. The Morgan fingerprint density at radius 3 is 1.95 bits per heavy atom. The van der Waals surface area contributed by atoms with Crippen LogP contribution in [0.3, 0.4) is 0 Å². The lowest BCUT2D eigenvalue weighted by molar-refractivity contribution is 0.518. The summed E-state index contributed by atoms with van der Waals surface area (Å²) < 4.78 is 7.14. The fourth-order valence-corrected chi connectivity index (χ4v) is 2.37. The van der Waals surface area contributed by atoms with Crippen molar-refractivity contribution in [1.29, 1.82) is 0 Å². The van der Waals surface area contributed by atoms with Gasteiger partial charge in [-0.3, -0.25) is 0 Å². The van der Waals surface area contributed by atoms with Gasteiger partial charge in [0, 0.05) is 10.0 Å². The zero-order valence-corrected chi connectivity index (χ0v) is 13.5. The van der Waals surface area contributed by atoms with Crippen LogP contribution in [0.15, 0.2) is 89.4 Å². The molecule has 0 amide bonds. The molecule has 0 aliphatic rings. The molecule has 0 radical (unpaired) electrons. The van der Waals surface area contributed by atoms with Gasteiger partial charge in [0.1, 0.15) is 11.5 Å². The van der Waals surface area contributed by atoms with Gasteiger partial charge in [0.2, 0.25) is 0 Å². The molecule has 1 nitrogen and oxygen atoms in total. The third-order valence-corrected chi connectivity index (χ3v) is 3.73. The molecule has 0 aromatic heterocycles. The second-order valence-electron chi connectivity index (χ2n) is 4.84. The molecule has 22 heavy (non-hydrogen) atoms. The predicted octanol–water partition coefficient (Wildman–Crippen LogP) is 6.03. The Morgan fingerprint density at radius 2 is 1.32 bits per heavy atom. The molecule has 3 aromatic rings. The SMILES string of the molecule is Brc1ccc(O/C(=C/c2ccccc2)c2ccccc2)cc1. The molecule has 0 unspecified atom stereocenters. The molecule has 0 saturated heterocycles. The quantitative estimate of drug-likeness (QED) is 0.412.